The van der Waals surface area contributed by atoms with Crippen LogP contribution in [0.1, 0.15) is 31.0 Å². The summed E-state index contributed by atoms with van der Waals surface area (Å²) >= 11 is 0. The number of benzene rings is 1. The van der Waals surface area contributed by atoms with Gasteiger partial charge in [-0.1, -0.05) is 31.0 Å². The number of nitrogens with one attached hydrogen (secondary N) is 1. The zero-order valence-corrected chi connectivity index (χ0v) is 12.2. The van der Waals surface area contributed by atoms with Crippen LogP contribution in [-0.4, -0.2) is 22.8 Å². The Morgan fingerprint density at radius 2 is 2.10 bits per heavy atom. The summed E-state index contributed by atoms with van der Waals surface area (Å²) in [4.78, 5) is 9.80. The Morgan fingerprint density at radius 1 is 1.33 bits per heavy atom. The molecule has 0 aliphatic heterocycles. The number of unbranched alkanes of at least 4 members (excludes halogenated alkanes) is 1. The largest absolute Gasteiger partial charge is 0.379 e. The first-order chi connectivity index (χ1) is 10.2. The van der Waals surface area contributed by atoms with Crippen molar-refractivity contribution in [2.45, 2.75) is 26.7 Å². The summed E-state index contributed by atoms with van der Waals surface area (Å²) in [6.07, 6.45) is 1.98. The molecule has 0 fully saturated rings. The van der Waals surface area contributed by atoms with E-state index in [4.69, 9.17) is 10.6 Å². The molecule has 0 amide bonds. The summed E-state index contributed by atoms with van der Waals surface area (Å²) in [6.45, 7) is 4.67. The van der Waals surface area contributed by atoms with E-state index in [0.29, 0.717) is 18.1 Å². The van der Waals surface area contributed by atoms with Crippen molar-refractivity contribution >= 4 is 17.3 Å². The fourth-order valence-electron chi connectivity index (χ4n) is 1.57. The van der Waals surface area contributed by atoms with E-state index in [2.05, 4.69) is 32.3 Å². The SMILES string of the molecule is CCCCONC(=Nc1ccc(C)cc1)c1nonc1N. The maximum absolute atomic E-state index is 5.71. The lowest BCUT2D eigenvalue weighted by atomic mass is 10.2. The molecule has 1 heterocycles. The zero-order valence-electron chi connectivity index (χ0n) is 12.2. The quantitative estimate of drug-likeness (QED) is 0.366. The Kier molecular flexibility index (Phi) is 5.28. The van der Waals surface area contributed by atoms with Crippen LogP contribution in [0.4, 0.5) is 11.5 Å². The Hall–Kier alpha value is -2.41. The minimum Gasteiger partial charge on any atom is -0.379 e. The van der Waals surface area contributed by atoms with Gasteiger partial charge in [-0.15, -0.1) is 0 Å². The third-order valence-corrected chi connectivity index (χ3v) is 2.78. The first kappa shape index (κ1) is 15.0. The second-order valence-electron chi connectivity index (χ2n) is 4.60. The summed E-state index contributed by atoms with van der Waals surface area (Å²) in [5.41, 5.74) is 10.7. The third-order valence-electron chi connectivity index (χ3n) is 2.78. The number of nitrogens with zero attached hydrogens (tertiary/aromatic N) is 3. The van der Waals surface area contributed by atoms with Gasteiger partial charge in [0.15, 0.2) is 17.3 Å². The molecule has 0 atom stereocenters. The fourth-order valence-corrected chi connectivity index (χ4v) is 1.57. The van der Waals surface area contributed by atoms with E-state index < -0.39 is 0 Å². The van der Waals surface area contributed by atoms with E-state index in [1.54, 1.807) is 0 Å². The predicted molar refractivity (Wildman–Crippen MR) is 80.1 cm³/mol. The molecule has 7 heteroatoms. The third kappa shape index (κ3) is 4.28. The van der Waals surface area contributed by atoms with E-state index in [9.17, 15) is 0 Å². The number of hydroxylamine groups is 1. The van der Waals surface area contributed by atoms with Gasteiger partial charge in [0.25, 0.3) is 0 Å². The summed E-state index contributed by atoms with van der Waals surface area (Å²) in [5.74, 6) is 0.529. The van der Waals surface area contributed by atoms with Crippen LogP contribution < -0.4 is 11.2 Å². The molecule has 1 aromatic carbocycles. The molecular formula is C14H19N5O2. The van der Waals surface area contributed by atoms with Crippen molar-refractivity contribution in [3.63, 3.8) is 0 Å². The van der Waals surface area contributed by atoms with Gasteiger partial charge in [0.05, 0.1) is 12.3 Å². The predicted octanol–water partition coefficient (Wildman–Crippen LogP) is 2.36. The minimum atomic E-state index is 0.160. The van der Waals surface area contributed by atoms with Crippen molar-refractivity contribution in [2.24, 2.45) is 4.99 Å². The lowest BCUT2D eigenvalue weighted by Crippen LogP contribution is -2.26. The van der Waals surface area contributed by atoms with E-state index in [-0.39, 0.29) is 5.82 Å². The van der Waals surface area contributed by atoms with Crippen molar-refractivity contribution in [3.05, 3.63) is 35.5 Å². The van der Waals surface area contributed by atoms with Crippen LogP contribution in [0, 0.1) is 6.92 Å². The highest BCUT2D eigenvalue weighted by atomic mass is 16.6. The molecule has 0 saturated heterocycles. The number of anilines is 1. The Balaban J connectivity index is 2.19. The normalized spacial score (nSPS) is 11.6. The summed E-state index contributed by atoms with van der Waals surface area (Å²) < 4.78 is 4.61. The monoisotopic (exact) mass is 289 g/mol. The van der Waals surface area contributed by atoms with Crippen LogP contribution in [0.15, 0.2) is 33.9 Å². The molecular weight excluding hydrogens is 270 g/mol. The number of nitrogens with two attached hydrogens (primary N) is 1. The average Bonchev–Trinajstić information content (AvgIpc) is 2.90. The van der Waals surface area contributed by atoms with Gasteiger partial charge < -0.3 is 5.73 Å². The lowest BCUT2D eigenvalue weighted by Gasteiger charge is -2.08. The number of hydrogen-bond acceptors (Lipinski definition) is 6. The smallest absolute Gasteiger partial charge is 0.199 e. The number of aryl methyl sites for hydroxylation is 1. The van der Waals surface area contributed by atoms with Gasteiger partial charge in [0.1, 0.15) is 0 Å². The molecule has 0 bridgehead atoms. The maximum atomic E-state index is 5.71. The number of rotatable bonds is 6. The maximum Gasteiger partial charge on any atom is 0.199 e. The number of nitrogen functional groups attached to an aromatic ring is 1. The van der Waals surface area contributed by atoms with Gasteiger partial charge in [-0.3, -0.25) is 4.84 Å². The van der Waals surface area contributed by atoms with Gasteiger partial charge in [0.2, 0.25) is 0 Å². The average molecular weight is 289 g/mol. The van der Waals surface area contributed by atoms with Crippen LogP contribution in [0.25, 0.3) is 0 Å². The summed E-state index contributed by atoms with van der Waals surface area (Å²) in [7, 11) is 0. The van der Waals surface area contributed by atoms with Crippen molar-refractivity contribution in [1.82, 2.24) is 15.8 Å². The van der Waals surface area contributed by atoms with Crippen molar-refractivity contribution < 1.29 is 9.47 Å². The van der Waals surface area contributed by atoms with Crippen molar-refractivity contribution in [3.8, 4) is 0 Å². The standard InChI is InChI=1S/C14H19N5O2/c1-3-4-9-20-19-14(12-13(15)18-21-17-12)16-11-7-5-10(2)6-8-11/h5-8H,3-4,9H2,1-2H3,(H2,15,18)(H,16,19). The van der Waals surface area contributed by atoms with Crippen LogP contribution in [0.3, 0.4) is 0 Å². The molecule has 0 spiro atoms. The van der Waals surface area contributed by atoms with E-state index in [1.165, 1.54) is 0 Å². The number of hydrogen-bond donors (Lipinski definition) is 2. The van der Waals surface area contributed by atoms with E-state index in [1.807, 2.05) is 31.2 Å². The van der Waals surface area contributed by atoms with Gasteiger partial charge in [-0.05, 0) is 35.8 Å². The van der Waals surface area contributed by atoms with Crippen LogP contribution in [-0.2, 0) is 4.84 Å². The molecule has 21 heavy (non-hydrogen) atoms. The summed E-state index contributed by atoms with van der Waals surface area (Å²) in [6, 6.07) is 7.73. The first-order valence-corrected chi connectivity index (χ1v) is 6.82. The number of aliphatic imine (C=N–C) groups is 1. The topological polar surface area (TPSA) is 98.6 Å². The number of aromatic nitrogens is 2. The first-order valence-electron chi connectivity index (χ1n) is 6.82. The van der Waals surface area contributed by atoms with Gasteiger partial charge in [0, 0.05) is 0 Å². The van der Waals surface area contributed by atoms with E-state index >= 15 is 0 Å². The van der Waals surface area contributed by atoms with Gasteiger partial charge in [-0.2, -0.15) is 0 Å². The second kappa shape index (κ2) is 7.39. The Labute approximate surface area is 123 Å². The zero-order chi connectivity index (χ0) is 15.1. The van der Waals surface area contributed by atoms with Crippen molar-refractivity contribution in [2.75, 3.05) is 12.3 Å². The minimum absolute atomic E-state index is 0.160. The Morgan fingerprint density at radius 3 is 2.71 bits per heavy atom. The molecule has 0 aliphatic carbocycles. The highest BCUT2D eigenvalue weighted by molar-refractivity contribution is 6.01. The van der Waals surface area contributed by atoms with Gasteiger partial charge in [-0.25, -0.2) is 15.1 Å². The van der Waals surface area contributed by atoms with Crippen molar-refractivity contribution in [1.29, 1.82) is 0 Å². The molecule has 0 unspecified atom stereocenters. The Bertz CT molecular complexity index is 592. The summed E-state index contributed by atoms with van der Waals surface area (Å²) in [5, 5.41) is 7.30. The molecule has 0 aliphatic rings. The number of amidine groups is 1. The lowest BCUT2D eigenvalue weighted by molar-refractivity contribution is 0.0828. The van der Waals surface area contributed by atoms with Gasteiger partial charge >= 0.3 is 0 Å². The molecule has 0 radical (unpaired) electrons. The fraction of sp³-hybridized carbons (Fsp3) is 0.357. The van der Waals surface area contributed by atoms with Crippen LogP contribution in [0.5, 0.6) is 0 Å². The molecule has 3 N–H and O–H groups in total. The molecule has 7 nitrogen and oxygen atoms in total. The van der Waals surface area contributed by atoms with Crippen LogP contribution >= 0.6 is 0 Å². The molecule has 2 rings (SSSR count). The molecule has 1 aromatic heterocycles. The highest BCUT2D eigenvalue weighted by Crippen LogP contribution is 2.15. The second-order valence-corrected chi connectivity index (χ2v) is 4.60. The molecule has 2 aromatic rings. The highest BCUT2D eigenvalue weighted by Gasteiger charge is 2.14. The van der Waals surface area contributed by atoms with Crippen LogP contribution in [0.2, 0.25) is 0 Å². The molecule has 0 saturated carbocycles. The molecule has 112 valence electrons. The van der Waals surface area contributed by atoms with E-state index in [0.717, 1.165) is 24.1 Å².